The van der Waals surface area contributed by atoms with Crippen molar-refractivity contribution in [3.63, 3.8) is 0 Å². The molecule has 6 rings (SSSR count). The minimum Gasteiger partial charge on any atom is -0.390 e. The maximum absolute atomic E-state index is 10.3. The smallest absolute Gasteiger partial charge is 0.184 e. The molecule has 4 N–H and O–H groups in total. The minimum atomic E-state index is -0.732. The summed E-state index contributed by atoms with van der Waals surface area (Å²) in [6, 6.07) is 1.75. The molecule has 1 aliphatic carbocycles. The number of piperidine rings is 1. The van der Waals surface area contributed by atoms with Crippen molar-refractivity contribution < 1.29 is 10.2 Å². The predicted molar refractivity (Wildman–Crippen MR) is 155 cm³/mol. The first kappa shape index (κ1) is 27.4. The normalized spacial score (nSPS) is 20.9. The number of fused-ring (bicyclic) bond motifs is 1. The van der Waals surface area contributed by atoms with E-state index in [0.29, 0.717) is 44.9 Å². The highest BCUT2D eigenvalue weighted by molar-refractivity contribution is 7.99. The van der Waals surface area contributed by atoms with E-state index < -0.39 is 5.60 Å². The molecule has 2 fully saturated rings. The van der Waals surface area contributed by atoms with E-state index in [4.69, 9.17) is 38.9 Å². The number of hydrogen-bond donors (Lipinski definition) is 3. The predicted octanol–water partition coefficient (Wildman–Crippen LogP) is 4.33. The number of nitrogens with zero attached hydrogens (tertiary/aromatic N) is 6. The molecule has 3 aliphatic rings. The van der Waals surface area contributed by atoms with E-state index in [1.165, 1.54) is 28.0 Å². The molecule has 2 saturated heterocycles. The Balaban J connectivity index is 1.14. The molecule has 3 aromatic heterocycles. The van der Waals surface area contributed by atoms with Crippen molar-refractivity contribution in [2.24, 2.45) is 17.1 Å². The Morgan fingerprint density at radius 3 is 2.56 bits per heavy atom. The van der Waals surface area contributed by atoms with Crippen molar-refractivity contribution in [2.75, 3.05) is 36.0 Å². The summed E-state index contributed by atoms with van der Waals surface area (Å²) in [7, 11) is 0. The number of anilines is 2. The number of aliphatic hydroxyl groups is 2. The Hall–Kier alpha value is -1.73. The summed E-state index contributed by atoms with van der Waals surface area (Å²) in [5.41, 5.74) is 7.41. The fraction of sp³-hybridized carbons (Fsp3) is 0.538. The van der Waals surface area contributed by atoms with Crippen LogP contribution < -0.4 is 15.5 Å². The van der Waals surface area contributed by atoms with Gasteiger partial charge in [-0.2, -0.15) is 0 Å². The molecule has 208 valence electrons. The summed E-state index contributed by atoms with van der Waals surface area (Å²) in [6.07, 6.45) is 6.21. The molecule has 0 unspecified atom stereocenters. The topological polar surface area (TPSA) is 125 Å². The third-order valence-corrected chi connectivity index (χ3v) is 11.0. The van der Waals surface area contributed by atoms with Crippen LogP contribution in [0.3, 0.4) is 0 Å². The maximum atomic E-state index is 10.3. The Kier molecular flexibility index (Phi) is 7.23. The monoisotopic (exact) mass is 607 g/mol. The van der Waals surface area contributed by atoms with Gasteiger partial charge < -0.3 is 25.7 Å². The molecule has 3 aromatic rings. The largest absolute Gasteiger partial charge is 0.390 e. The minimum absolute atomic E-state index is 0.00291. The van der Waals surface area contributed by atoms with Crippen molar-refractivity contribution in [1.82, 2.24) is 19.9 Å². The molecule has 0 aromatic carbocycles. The molecule has 0 bridgehead atoms. The van der Waals surface area contributed by atoms with Gasteiger partial charge in [0.05, 0.1) is 35.2 Å². The summed E-state index contributed by atoms with van der Waals surface area (Å²) >= 11 is 15.8. The van der Waals surface area contributed by atoms with Crippen LogP contribution >= 0.6 is 46.3 Å². The summed E-state index contributed by atoms with van der Waals surface area (Å²) in [5, 5.41) is 21.6. The molecule has 0 saturated carbocycles. The zero-order valence-electron chi connectivity index (χ0n) is 21.8. The number of thiazole rings is 1. The van der Waals surface area contributed by atoms with Gasteiger partial charge in [0.15, 0.2) is 10.3 Å². The molecule has 0 radical (unpaired) electrons. The average Bonchev–Trinajstić information content (AvgIpc) is 3.34. The van der Waals surface area contributed by atoms with Crippen molar-refractivity contribution >= 4 is 57.9 Å². The van der Waals surface area contributed by atoms with Crippen molar-refractivity contribution in [3.8, 4) is 0 Å². The molecule has 39 heavy (non-hydrogen) atoms. The van der Waals surface area contributed by atoms with E-state index >= 15 is 0 Å². The quantitative estimate of drug-likeness (QED) is 0.373. The summed E-state index contributed by atoms with van der Waals surface area (Å²) in [4.78, 5) is 24.7. The van der Waals surface area contributed by atoms with Gasteiger partial charge in [0.1, 0.15) is 16.5 Å². The maximum Gasteiger partial charge on any atom is 0.184 e. The lowest BCUT2D eigenvalue weighted by Crippen LogP contribution is -2.56. The first-order valence-corrected chi connectivity index (χ1v) is 15.4. The molecule has 9 nitrogen and oxygen atoms in total. The van der Waals surface area contributed by atoms with Crippen LogP contribution in [0, 0.1) is 11.3 Å². The van der Waals surface area contributed by atoms with Crippen LogP contribution in [-0.4, -0.2) is 61.9 Å². The van der Waals surface area contributed by atoms with Gasteiger partial charge in [-0.1, -0.05) is 35.0 Å². The van der Waals surface area contributed by atoms with Crippen LogP contribution in [-0.2, 0) is 13.0 Å². The van der Waals surface area contributed by atoms with E-state index in [1.54, 1.807) is 12.4 Å². The number of aromatic nitrogens is 4. The number of rotatable bonds is 6. The van der Waals surface area contributed by atoms with Gasteiger partial charge in [-0.3, -0.25) is 0 Å². The van der Waals surface area contributed by atoms with Crippen LogP contribution in [0.5, 0.6) is 0 Å². The summed E-state index contributed by atoms with van der Waals surface area (Å²) < 4.78 is 0.563. The highest BCUT2D eigenvalue weighted by Crippen LogP contribution is 2.53. The second kappa shape index (κ2) is 10.3. The molecule has 1 atom stereocenters. The average molecular weight is 609 g/mol. The van der Waals surface area contributed by atoms with Crippen LogP contribution in [0.2, 0.25) is 9.49 Å². The molecule has 2 aliphatic heterocycles. The van der Waals surface area contributed by atoms with Gasteiger partial charge in [0.25, 0.3) is 0 Å². The first-order valence-electron chi connectivity index (χ1n) is 13.0. The summed E-state index contributed by atoms with van der Waals surface area (Å²) in [5.74, 6) is 1.58. The van der Waals surface area contributed by atoms with Crippen LogP contribution in [0.4, 0.5) is 11.6 Å². The Bertz CT molecular complexity index is 1390. The molecular formula is C26H31Cl2N7O2S2. The van der Waals surface area contributed by atoms with E-state index in [1.807, 2.05) is 19.9 Å². The standard InChI is InChI=1S/C26H31Cl2N7O2S2/c1-25(2,37)14-11-35(12-14)23-19(27)16(3-6-30-23)38-18-10-31-22(15(13-36)32-18)34-7-4-26(5-8-34)9-17-20(21(26)29)33-24(28)39-17/h3,6,10,14,21,36-37H,4-5,7-9,11-13,29H2,1-2H3/t21-/m1/s1. The third kappa shape index (κ3) is 5.00. The van der Waals surface area contributed by atoms with Gasteiger partial charge in [-0.05, 0) is 44.6 Å². The SMILES string of the molecule is CC(C)(O)C1CN(c2nccc(Sc3cnc(N4CCC5(CC4)Cc4sc(Cl)nc4[C@H]5N)c(CO)n3)c2Cl)C1. The fourth-order valence-electron chi connectivity index (χ4n) is 5.82. The van der Waals surface area contributed by atoms with E-state index in [9.17, 15) is 10.2 Å². The van der Waals surface area contributed by atoms with Gasteiger partial charge in [-0.25, -0.2) is 19.9 Å². The fourth-order valence-corrected chi connectivity index (χ4v) is 8.32. The number of nitrogens with two attached hydrogens (primary N) is 1. The number of pyridine rings is 1. The second-order valence-electron chi connectivity index (χ2n) is 11.2. The molecular weight excluding hydrogens is 577 g/mol. The zero-order chi connectivity index (χ0) is 27.5. The zero-order valence-corrected chi connectivity index (χ0v) is 24.9. The Morgan fingerprint density at radius 2 is 1.90 bits per heavy atom. The van der Waals surface area contributed by atoms with E-state index in [-0.39, 0.29) is 24.0 Å². The van der Waals surface area contributed by atoms with Crippen LogP contribution in [0.15, 0.2) is 28.4 Å². The van der Waals surface area contributed by atoms with Gasteiger partial charge in [0.2, 0.25) is 0 Å². The van der Waals surface area contributed by atoms with Crippen molar-refractivity contribution in [3.05, 3.63) is 44.2 Å². The lowest BCUT2D eigenvalue weighted by atomic mass is 9.73. The number of hydrogen-bond acceptors (Lipinski definition) is 11. The third-order valence-electron chi connectivity index (χ3n) is 8.41. The Labute approximate surface area is 245 Å². The van der Waals surface area contributed by atoms with Gasteiger partial charge >= 0.3 is 0 Å². The first-order chi connectivity index (χ1) is 18.6. The van der Waals surface area contributed by atoms with Crippen molar-refractivity contribution in [1.29, 1.82) is 0 Å². The van der Waals surface area contributed by atoms with Crippen LogP contribution in [0.1, 0.15) is 49.0 Å². The van der Waals surface area contributed by atoms with Crippen molar-refractivity contribution in [2.45, 2.75) is 61.3 Å². The lowest BCUT2D eigenvalue weighted by Gasteiger charge is -2.46. The number of aliphatic hydroxyl groups excluding tert-OH is 1. The molecule has 0 amide bonds. The van der Waals surface area contributed by atoms with E-state index in [0.717, 1.165) is 42.9 Å². The highest BCUT2D eigenvalue weighted by Gasteiger charge is 2.48. The van der Waals surface area contributed by atoms with E-state index in [2.05, 4.69) is 19.8 Å². The Morgan fingerprint density at radius 1 is 1.15 bits per heavy atom. The molecule has 5 heterocycles. The molecule has 13 heteroatoms. The van der Waals surface area contributed by atoms with Gasteiger partial charge in [-0.15, -0.1) is 11.3 Å². The number of halogens is 2. The second-order valence-corrected chi connectivity index (χ2v) is 14.3. The lowest BCUT2D eigenvalue weighted by molar-refractivity contribution is 0.00438. The van der Waals surface area contributed by atoms with Crippen LogP contribution in [0.25, 0.3) is 0 Å². The molecule has 1 spiro atoms. The van der Waals surface area contributed by atoms with Gasteiger partial charge in [0, 0.05) is 48.1 Å². The summed E-state index contributed by atoms with van der Waals surface area (Å²) in [6.45, 7) is 6.42. The highest BCUT2D eigenvalue weighted by atomic mass is 35.5.